The van der Waals surface area contributed by atoms with Crippen LogP contribution >= 0.6 is 23.2 Å². The van der Waals surface area contributed by atoms with Crippen molar-refractivity contribution in [3.63, 3.8) is 0 Å². The van der Waals surface area contributed by atoms with E-state index in [4.69, 9.17) is 28.3 Å². The first-order chi connectivity index (χ1) is 11.7. The number of fused-ring (bicyclic) bond motifs is 1. The molecule has 130 valence electrons. The predicted octanol–water partition coefficient (Wildman–Crippen LogP) is 3.52. The van der Waals surface area contributed by atoms with Gasteiger partial charge in [-0.15, -0.1) is 0 Å². The van der Waals surface area contributed by atoms with Crippen LogP contribution in [-0.2, 0) is 21.2 Å². The van der Waals surface area contributed by atoms with Gasteiger partial charge in [-0.1, -0.05) is 23.2 Å². The number of carbonyl (C=O) groups is 1. The molecule has 0 spiro atoms. The number of nitrogens with zero attached hydrogens (tertiary/aromatic N) is 2. The molecule has 9 heteroatoms. The van der Waals surface area contributed by atoms with Crippen LogP contribution < -0.4 is 0 Å². The molecule has 0 atom stereocenters. The number of carboxylic acid groups (broad SMARTS) is 1. The van der Waals surface area contributed by atoms with Gasteiger partial charge in [-0.25, -0.2) is 17.4 Å². The van der Waals surface area contributed by atoms with E-state index in [1.165, 1.54) is 24.4 Å². The van der Waals surface area contributed by atoms with E-state index >= 15 is 0 Å². The fourth-order valence-electron chi connectivity index (χ4n) is 2.72. The normalized spacial score (nSPS) is 11.8. The molecule has 1 N–H and O–H groups in total. The minimum absolute atomic E-state index is 0.0995. The maximum atomic E-state index is 13.1. The Kier molecular flexibility index (Phi) is 4.49. The van der Waals surface area contributed by atoms with Crippen molar-refractivity contribution in [3.05, 3.63) is 57.8 Å². The van der Waals surface area contributed by atoms with Crippen LogP contribution in [0.4, 0.5) is 0 Å². The van der Waals surface area contributed by atoms with E-state index in [1.54, 1.807) is 19.1 Å². The maximum Gasteiger partial charge on any atom is 0.307 e. The van der Waals surface area contributed by atoms with Gasteiger partial charge in [-0.3, -0.25) is 4.79 Å². The number of benzene rings is 1. The lowest BCUT2D eigenvalue weighted by Crippen LogP contribution is -2.15. The van der Waals surface area contributed by atoms with Crippen LogP contribution in [0, 0.1) is 6.92 Å². The predicted molar refractivity (Wildman–Crippen MR) is 94.9 cm³/mol. The molecule has 0 aliphatic carbocycles. The minimum Gasteiger partial charge on any atom is -0.481 e. The van der Waals surface area contributed by atoms with Crippen LogP contribution in [0.3, 0.4) is 0 Å². The Labute approximate surface area is 153 Å². The first-order valence-corrected chi connectivity index (χ1v) is 9.30. The van der Waals surface area contributed by atoms with E-state index in [0.29, 0.717) is 10.9 Å². The van der Waals surface area contributed by atoms with Crippen LogP contribution in [0.25, 0.3) is 11.0 Å². The minimum atomic E-state index is -4.06. The van der Waals surface area contributed by atoms with Crippen molar-refractivity contribution in [1.82, 2.24) is 8.96 Å². The van der Waals surface area contributed by atoms with E-state index < -0.39 is 16.0 Å². The molecule has 0 saturated heterocycles. The molecular formula is C16H12Cl2N2O4S. The summed E-state index contributed by atoms with van der Waals surface area (Å²) < 4.78 is 27.3. The zero-order valence-electron chi connectivity index (χ0n) is 12.9. The number of carboxylic acids is 1. The first-order valence-electron chi connectivity index (χ1n) is 7.10. The lowest BCUT2D eigenvalue weighted by Gasteiger charge is -2.10. The number of hydrogen-bond donors (Lipinski definition) is 1. The molecule has 0 amide bonds. The molecule has 2 aromatic heterocycles. The lowest BCUT2D eigenvalue weighted by molar-refractivity contribution is -0.136. The Morgan fingerprint density at radius 1 is 1.24 bits per heavy atom. The van der Waals surface area contributed by atoms with Crippen LogP contribution in [0.15, 0.2) is 41.4 Å². The molecular weight excluding hydrogens is 387 g/mol. The molecule has 2 heterocycles. The van der Waals surface area contributed by atoms with Gasteiger partial charge in [0.05, 0.1) is 11.3 Å². The average molecular weight is 399 g/mol. The Bertz CT molecular complexity index is 1090. The largest absolute Gasteiger partial charge is 0.481 e. The summed E-state index contributed by atoms with van der Waals surface area (Å²) in [6.07, 6.45) is 1.14. The smallest absolute Gasteiger partial charge is 0.307 e. The number of halogens is 2. The highest BCUT2D eigenvalue weighted by Crippen LogP contribution is 2.31. The average Bonchev–Trinajstić information content (AvgIpc) is 2.79. The van der Waals surface area contributed by atoms with E-state index in [2.05, 4.69) is 4.98 Å². The third-order valence-electron chi connectivity index (χ3n) is 3.75. The van der Waals surface area contributed by atoms with Crippen molar-refractivity contribution in [2.75, 3.05) is 0 Å². The van der Waals surface area contributed by atoms with Crippen molar-refractivity contribution in [3.8, 4) is 0 Å². The number of pyridine rings is 1. The van der Waals surface area contributed by atoms with Crippen LogP contribution in [0.1, 0.15) is 11.3 Å². The summed E-state index contributed by atoms with van der Waals surface area (Å²) in [6.45, 7) is 1.55. The van der Waals surface area contributed by atoms with E-state index in [9.17, 15) is 13.2 Å². The second-order valence-electron chi connectivity index (χ2n) is 5.38. The summed E-state index contributed by atoms with van der Waals surface area (Å²) in [5, 5.41) is 9.97. The quantitative estimate of drug-likeness (QED) is 0.725. The van der Waals surface area contributed by atoms with E-state index in [1.807, 2.05) is 0 Å². The number of aliphatic carboxylic acids is 1. The highest BCUT2D eigenvalue weighted by molar-refractivity contribution is 7.90. The number of aromatic nitrogens is 2. The van der Waals surface area contributed by atoms with Gasteiger partial charge in [0.15, 0.2) is 5.65 Å². The third-order valence-corrected chi connectivity index (χ3v) is 5.94. The standard InChI is InChI=1S/C16H12Cl2N2O4S/c1-9-14(8-15(21)22)13-3-2-4-19-16(13)20(9)25(23,24)12-6-10(17)5-11(18)7-12/h2-7H,8H2,1H3,(H,21,22). The lowest BCUT2D eigenvalue weighted by atomic mass is 10.1. The van der Waals surface area contributed by atoms with Gasteiger partial charge >= 0.3 is 5.97 Å². The van der Waals surface area contributed by atoms with Gasteiger partial charge in [-0.05, 0) is 42.8 Å². The van der Waals surface area contributed by atoms with Gasteiger partial charge in [-0.2, -0.15) is 0 Å². The summed E-state index contributed by atoms with van der Waals surface area (Å²) in [4.78, 5) is 15.2. The molecule has 6 nitrogen and oxygen atoms in total. The molecule has 1 aromatic carbocycles. The highest BCUT2D eigenvalue weighted by Gasteiger charge is 2.27. The van der Waals surface area contributed by atoms with Crippen LogP contribution in [-0.4, -0.2) is 28.5 Å². The van der Waals surface area contributed by atoms with E-state index in [-0.39, 0.29) is 32.7 Å². The summed E-state index contributed by atoms with van der Waals surface area (Å²) in [5.74, 6) is -1.06. The van der Waals surface area contributed by atoms with Gasteiger partial charge < -0.3 is 5.11 Å². The number of rotatable bonds is 4. The first kappa shape index (κ1) is 17.7. The van der Waals surface area contributed by atoms with Crippen molar-refractivity contribution >= 4 is 50.2 Å². The van der Waals surface area contributed by atoms with E-state index in [0.717, 1.165) is 3.97 Å². The Morgan fingerprint density at radius 3 is 2.48 bits per heavy atom. The third kappa shape index (κ3) is 3.10. The van der Waals surface area contributed by atoms with Crippen molar-refractivity contribution in [1.29, 1.82) is 0 Å². The van der Waals surface area contributed by atoms with Crippen molar-refractivity contribution in [2.45, 2.75) is 18.2 Å². The maximum absolute atomic E-state index is 13.1. The fourth-order valence-corrected chi connectivity index (χ4v) is 4.98. The summed E-state index contributed by atoms with van der Waals surface area (Å²) in [5.41, 5.74) is 0.840. The van der Waals surface area contributed by atoms with Crippen LogP contribution in [0.2, 0.25) is 10.0 Å². The van der Waals surface area contributed by atoms with Crippen molar-refractivity contribution in [2.24, 2.45) is 0 Å². The molecule has 0 radical (unpaired) electrons. The molecule has 25 heavy (non-hydrogen) atoms. The van der Waals surface area contributed by atoms with Crippen molar-refractivity contribution < 1.29 is 18.3 Å². The summed E-state index contributed by atoms with van der Waals surface area (Å²) in [7, 11) is -4.06. The molecule has 0 bridgehead atoms. The molecule has 3 rings (SSSR count). The Morgan fingerprint density at radius 2 is 1.88 bits per heavy atom. The fraction of sp³-hybridized carbons (Fsp3) is 0.125. The van der Waals surface area contributed by atoms with Gasteiger partial charge in [0, 0.05) is 27.3 Å². The summed E-state index contributed by atoms with van der Waals surface area (Å²) >= 11 is 11.8. The molecule has 0 unspecified atom stereocenters. The molecule has 0 saturated carbocycles. The zero-order valence-corrected chi connectivity index (χ0v) is 15.2. The SMILES string of the molecule is Cc1c(CC(=O)O)c2cccnc2n1S(=O)(=O)c1cc(Cl)cc(Cl)c1. The van der Waals surface area contributed by atoms with Gasteiger partial charge in [0.1, 0.15) is 0 Å². The Hall–Kier alpha value is -2.09. The molecule has 0 fully saturated rings. The Balaban J connectivity index is 2.35. The van der Waals surface area contributed by atoms with Crippen LogP contribution in [0.5, 0.6) is 0 Å². The molecule has 0 aliphatic rings. The second-order valence-corrected chi connectivity index (χ2v) is 8.04. The van der Waals surface area contributed by atoms with Gasteiger partial charge in [0.2, 0.25) is 0 Å². The monoisotopic (exact) mass is 398 g/mol. The summed E-state index contributed by atoms with van der Waals surface area (Å²) in [6, 6.07) is 7.27. The molecule has 3 aromatic rings. The van der Waals surface area contributed by atoms with Gasteiger partial charge in [0.25, 0.3) is 10.0 Å². The topological polar surface area (TPSA) is 89.3 Å². The highest BCUT2D eigenvalue weighted by atomic mass is 35.5. The number of hydrogen-bond acceptors (Lipinski definition) is 4. The second kappa shape index (κ2) is 6.33. The molecule has 0 aliphatic heterocycles. The zero-order chi connectivity index (χ0) is 18.4.